The van der Waals surface area contributed by atoms with Crippen LogP contribution in [-0.2, 0) is 6.42 Å². The molecule has 0 saturated carbocycles. The summed E-state index contributed by atoms with van der Waals surface area (Å²) >= 11 is 0. The minimum atomic E-state index is 0.686. The maximum atomic E-state index is 5.44. The first-order chi connectivity index (χ1) is 8.19. The van der Waals surface area contributed by atoms with Gasteiger partial charge >= 0.3 is 0 Å². The molecule has 1 aromatic carbocycles. The number of aryl methyl sites for hydroxylation is 1. The molecule has 1 aromatic rings. The van der Waals surface area contributed by atoms with Gasteiger partial charge in [0.15, 0.2) is 0 Å². The van der Waals surface area contributed by atoms with Crippen LogP contribution < -0.4 is 10.1 Å². The normalized spacial score (nSPS) is 24.6. The van der Waals surface area contributed by atoms with Gasteiger partial charge in [0.1, 0.15) is 5.75 Å². The summed E-state index contributed by atoms with van der Waals surface area (Å²) in [5, 5.41) is 3.56. The molecular formula is C15H23NO. The molecule has 1 saturated heterocycles. The topological polar surface area (TPSA) is 21.3 Å². The average Bonchev–Trinajstić information content (AvgIpc) is 2.32. The second kappa shape index (κ2) is 5.54. The van der Waals surface area contributed by atoms with Crippen molar-refractivity contribution in [1.29, 1.82) is 0 Å². The maximum Gasteiger partial charge on any atom is 0.122 e. The molecule has 17 heavy (non-hydrogen) atoms. The van der Waals surface area contributed by atoms with Gasteiger partial charge in [-0.1, -0.05) is 17.7 Å². The number of piperidine rings is 1. The fourth-order valence-electron chi connectivity index (χ4n) is 2.61. The van der Waals surface area contributed by atoms with Crippen LogP contribution in [-0.4, -0.2) is 19.7 Å². The number of benzene rings is 1. The molecule has 1 aliphatic rings. The van der Waals surface area contributed by atoms with Crippen LogP contribution in [0, 0.1) is 12.8 Å². The molecule has 2 atom stereocenters. The van der Waals surface area contributed by atoms with Crippen LogP contribution >= 0.6 is 0 Å². The number of methoxy groups -OCH3 is 1. The van der Waals surface area contributed by atoms with E-state index in [1.807, 2.05) is 0 Å². The van der Waals surface area contributed by atoms with E-state index in [1.54, 1.807) is 7.11 Å². The molecule has 2 unspecified atom stereocenters. The lowest BCUT2D eigenvalue weighted by Crippen LogP contribution is -2.37. The van der Waals surface area contributed by atoms with Crippen LogP contribution in [0.25, 0.3) is 0 Å². The first-order valence-corrected chi connectivity index (χ1v) is 6.56. The van der Waals surface area contributed by atoms with E-state index in [9.17, 15) is 0 Å². The Morgan fingerprint density at radius 1 is 1.35 bits per heavy atom. The summed E-state index contributed by atoms with van der Waals surface area (Å²) in [5.41, 5.74) is 2.67. The van der Waals surface area contributed by atoms with E-state index in [1.165, 1.54) is 24.0 Å². The molecule has 2 rings (SSSR count). The van der Waals surface area contributed by atoms with Gasteiger partial charge in [-0.2, -0.15) is 0 Å². The van der Waals surface area contributed by atoms with Gasteiger partial charge in [-0.25, -0.2) is 0 Å². The Morgan fingerprint density at radius 2 is 2.18 bits per heavy atom. The van der Waals surface area contributed by atoms with E-state index in [0.29, 0.717) is 6.04 Å². The molecule has 1 aliphatic heterocycles. The van der Waals surface area contributed by atoms with Crippen LogP contribution in [0.15, 0.2) is 18.2 Å². The van der Waals surface area contributed by atoms with Gasteiger partial charge in [0.2, 0.25) is 0 Å². The molecule has 1 heterocycles. The largest absolute Gasteiger partial charge is 0.496 e. The summed E-state index contributed by atoms with van der Waals surface area (Å²) in [6, 6.07) is 7.15. The maximum absolute atomic E-state index is 5.44. The first-order valence-electron chi connectivity index (χ1n) is 6.56. The van der Waals surface area contributed by atoms with E-state index in [-0.39, 0.29) is 0 Å². The van der Waals surface area contributed by atoms with Crippen LogP contribution in [0.4, 0.5) is 0 Å². The molecule has 0 spiro atoms. The van der Waals surface area contributed by atoms with Gasteiger partial charge in [0.05, 0.1) is 7.11 Å². The molecule has 0 aliphatic carbocycles. The predicted molar refractivity (Wildman–Crippen MR) is 71.6 cm³/mol. The van der Waals surface area contributed by atoms with E-state index in [2.05, 4.69) is 37.4 Å². The Hall–Kier alpha value is -1.02. The second-order valence-electron chi connectivity index (χ2n) is 5.27. The quantitative estimate of drug-likeness (QED) is 0.866. The van der Waals surface area contributed by atoms with E-state index < -0.39 is 0 Å². The summed E-state index contributed by atoms with van der Waals surface area (Å²) < 4.78 is 5.44. The highest BCUT2D eigenvalue weighted by atomic mass is 16.5. The van der Waals surface area contributed by atoms with Crippen molar-refractivity contribution in [3.63, 3.8) is 0 Å². The van der Waals surface area contributed by atoms with Crippen molar-refractivity contribution >= 4 is 0 Å². The number of nitrogens with one attached hydrogen (secondary N) is 1. The molecule has 0 bridgehead atoms. The Balaban J connectivity index is 2.04. The third kappa shape index (κ3) is 3.22. The van der Waals surface area contributed by atoms with Crippen LogP contribution in [0.2, 0.25) is 0 Å². The number of ether oxygens (including phenoxy) is 1. The predicted octanol–water partition coefficient (Wildman–Crippen LogP) is 2.93. The van der Waals surface area contributed by atoms with Crippen molar-refractivity contribution in [3.05, 3.63) is 29.3 Å². The highest BCUT2D eigenvalue weighted by Crippen LogP contribution is 2.26. The summed E-state index contributed by atoms with van der Waals surface area (Å²) in [7, 11) is 1.76. The van der Waals surface area contributed by atoms with Crippen molar-refractivity contribution in [2.45, 2.75) is 39.2 Å². The Bertz CT molecular complexity index is 367. The van der Waals surface area contributed by atoms with Crippen molar-refractivity contribution in [1.82, 2.24) is 5.32 Å². The molecule has 1 N–H and O–H groups in total. The minimum absolute atomic E-state index is 0.686. The number of rotatable bonds is 3. The Labute approximate surface area is 104 Å². The highest BCUT2D eigenvalue weighted by molar-refractivity contribution is 5.37. The molecule has 1 fully saturated rings. The first kappa shape index (κ1) is 12.4. The molecule has 0 radical (unpaired) electrons. The van der Waals surface area contributed by atoms with Crippen molar-refractivity contribution < 1.29 is 4.74 Å². The standard InChI is InChI=1S/C15H23NO/c1-11-4-7-15(17-3)14(8-11)9-13-6-5-12(2)16-10-13/h4,7-8,12-13,16H,5-6,9-10H2,1-3H3. The van der Waals surface area contributed by atoms with Crippen molar-refractivity contribution in [2.75, 3.05) is 13.7 Å². The van der Waals surface area contributed by atoms with Gasteiger partial charge in [0, 0.05) is 6.04 Å². The third-order valence-electron chi connectivity index (χ3n) is 3.71. The Kier molecular flexibility index (Phi) is 4.06. The number of hydrogen-bond donors (Lipinski definition) is 1. The fraction of sp³-hybridized carbons (Fsp3) is 0.600. The van der Waals surface area contributed by atoms with E-state index in [0.717, 1.165) is 24.6 Å². The molecule has 2 nitrogen and oxygen atoms in total. The highest BCUT2D eigenvalue weighted by Gasteiger charge is 2.19. The van der Waals surface area contributed by atoms with Crippen LogP contribution in [0.3, 0.4) is 0 Å². The zero-order valence-electron chi connectivity index (χ0n) is 11.1. The van der Waals surface area contributed by atoms with Gasteiger partial charge in [-0.3, -0.25) is 0 Å². The van der Waals surface area contributed by atoms with Crippen LogP contribution in [0.1, 0.15) is 30.9 Å². The summed E-state index contributed by atoms with van der Waals surface area (Å²) in [6.07, 6.45) is 3.74. The lowest BCUT2D eigenvalue weighted by molar-refractivity contribution is 0.318. The summed E-state index contributed by atoms with van der Waals surface area (Å²) in [4.78, 5) is 0. The molecule has 0 aromatic heterocycles. The summed E-state index contributed by atoms with van der Waals surface area (Å²) in [5.74, 6) is 1.79. The Morgan fingerprint density at radius 3 is 2.82 bits per heavy atom. The SMILES string of the molecule is COc1ccc(C)cc1CC1CCC(C)NC1. The van der Waals surface area contributed by atoms with Gasteiger partial charge in [-0.15, -0.1) is 0 Å². The zero-order valence-corrected chi connectivity index (χ0v) is 11.1. The van der Waals surface area contributed by atoms with E-state index in [4.69, 9.17) is 4.74 Å². The van der Waals surface area contributed by atoms with Crippen molar-refractivity contribution in [2.24, 2.45) is 5.92 Å². The average molecular weight is 233 g/mol. The molecule has 94 valence electrons. The van der Waals surface area contributed by atoms with Crippen LogP contribution in [0.5, 0.6) is 5.75 Å². The second-order valence-corrected chi connectivity index (χ2v) is 5.27. The van der Waals surface area contributed by atoms with Gasteiger partial charge < -0.3 is 10.1 Å². The lowest BCUT2D eigenvalue weighted by Gasteiger charge is -2.28. The van der Waals surface area contributed by atoms with Crippen molar-refractivity contribution in [3.8, 4) is 5.75 Å². The monoisotopic (exact) mass is 233 g/mol. The number of hydrogen-bond acceptors (Lipinski definition) is 2. The molecule has 2 heteroatoms. The van der Waals surface area contributed by atoms with Gasteiger partial charge in [-0.05, 0) is 57.2 Å². The third-order valence-corrected chi connectivity index (χ3v) is 3.71. The minimum Gasteiger partial charge on any atom is -0.496 e. The fourth-order valence-corrected chi connectivity index (χ4v) is 2.61. The smallest absolute Gasteiger partial charge is 0.122 e. The molecular weight excluding hydrogens is 210 g/mol. The van der Waals surface area contributed by atoms with Gasteiger partial charge in [0.25, 0.3) is 0 Å². The lowest BCUT2D eigenvalue weighted by atomic mass is 9.89. The zero-order chi connectivity index (χ0) is 12.3. The summed E-state index contributed by atoms with van der Waals surface area (Å²) in [6.45, 7) is 5.55. The van der Waals surface area contributed by atoms with E-state index >= 15 is 0 Å². The molecule has 0 amide bonds.